The number of aryl methyl sites for hydroxylation is 1. The molecule has 1 aliphatic carbocycles. The lowest BCUT2D eigenvalue weighted by molar-refractivity contribution is 0.0740. The number of likely N-dealkylation sites (tertiary alicyclic amines) is 1. The molecule has 4 rings (SSSR count). The van der Waals surface area contributed by atoms with E-state index in [-0.39, 0.29) is 17.6 Å². The lowest BCUT2D eigenvalue weighted by Crippen LogP contribution is -2.30. The Kier molecular flexibility index (Phi) is 4.38. The minimum absolute atomic E-state index is 0.0712. The molecule has 1 unspecified atom stereocenters. The Bertz CT molecular complexity index is 759. The van der Waals surface area contributed by atoms with Gasteiger partial charge in [0.25, 0.3) is 5.91 Å². The van der Waals surface area contributed by atoms with E-state index in [0.717, 1.165) is 49.6 Å². The van der Waals surface area contributed by atoms with Crippen LogP contribution in [0, 0.1) is 11.7 Å². The molecule has 1 saturated heterocycles. The number of aromatic nitrogens is 2. The van der Waals surface area contributed by atoms with Crippen LogP contribution in [0.3, 0.4) is 0 Å². The lowest BCUT2D eigenvalue weighted by atomic mass is 9.96. The van der Waals surface area contributed by atoms with Gasteiger partial charge in [-0.3, -0.25) is 4.79 Å². The molecule has 25 heavy (non-hydrogen) atoms. The van der Waals surface area contributed by atoms with Crippen molar-refractivity contribution in [3.8, 4) is 5.88 Å². The number of halogens is 1. The first-order valence-corrected chi connectivity index (χ1v) is 8.72. The molecule has 0 N–H and O–H groups in total. The fourth-order valence-electron chi connectivity index (χ4n) is 3.51. The number of fused-ring (bicyclic) bond motifs is 1. The smallest absolute Gasteiger partial charge is 0.292 e. The molecule has 2 aromatic rings. The van der Waals surface area contributed by atoms with Gasteiger partial charge in [0.2, 0.25) is 11.6 Å². The molecule has 7 heteroatoms. The van der Waals surface area contributed by atoms with E-state index in [2.05, 4.69) is 10.1 Å². The topological polar surface area (TPSA) is 68.5 Å². The maximum absolute atomic E-state index is 12.8. The zero-order valence-electron chi connectivity index (χ0n) is 13.9. The second-order valence-corrected chi connectivity index (χ2v) is 6.68. The van der Waals surface area contributed by atoms with Crippen molar-refractivity contribution in [2.45, 2.75) is 32.1 Å². The minimum Gasteiger partial charge on any atom is -0.477 e. The fraction of sp³-hybridized carbons (Fsp3) is 0.500. The van der Waals surface area contributed by atoms with Crippen molar-refractivity contribution < 1.29 is 18.4 Å². The average molecular weight is 345 g/mol. The molecule has 1 fully saturated rings. The number of hydrogen-bond acceptors (Lipinski definition) is 5. The summed E-state index contributed by atoms with van der Waals surface area (Å²) < 4.78 is 23.8. The van der Waals surface area contributed by atoms with Gasteiger partial charge >= 0.3 is 0 Å². The first kappa shape index (κ1) is 16.1. The maximum atomic E-state index is 12.8. The van der Waals surface area contributed by atoms with E-state index in [1.165, 1.54) is 12.1 Å². The molecule has 0 aromatic carbocycles. The van der Waals surface area contributed by atoms with Crippen LogP contribution in [-0.2, 0) is 12.8 Å². The second-order valence-electron chi connectivity index (χ2n) is 6.68. The molecule has 3 heterocycles. The van der Waals surface area contributed by atoms with Crippen LogP contribution in [0.2, 0.25) is 0 Å². The van der Waals surface area contributed by atoms with Crippen LogP contribution < -0.4 is 4.74 Å². The molecule has 1 amide bonds. The number of carbonyl (C=O) groups excluding carboxylic acids is 1. The monoisotopic (exact) mass is 345 g/mol. The fourth-order valence-corrected chi connectivity index (χ4v) is 3.51. The Morgan fingerprint density at radius 3 is 3.08 bits per heavy atom. The molecular formula is C18H20FN3O3. The summed E-state index contributed by atoms with van der Waals surface area (Å²) in [7, 11) is 0. The first-order chi connectivity index (χ1) is 12.2. The van der Waals surface area contributed by atoms with Gasteiger partial charge in [0.15, 0.2) is 0 Å². The average Bonchev–Trinajstić information content (AvgIpc) is 3.28. The van der Waals surface area contributed by atoms with Gasteiger partial charge in [0, 0.05) is 30.6 Å². The Balaban J connectivity index is 1.35. The van der Waals surface area contributed by atoms with Crippen molar-refractivity contribution >= 4 is 5.91 Å². The molecule has 0 radical (unpaired) electrons. The molecule has 1 atom stereocenters. The van der Waals surface area contributed by atoms with Crippen molar-refractivity contribution in [1.29, 1.82) is 0 Å². The van der Waals surface area contributed by atoms with Crippen LogP contribution in [0.25, 0.3) is 0 Å². The van der Waals surface area contributed by atoms with Crippen LogP contribution in [0.5, 0.6) is 5.88 Å². The number of nitrogens with zero attached hydrogens (tertiary/aromatic N) is 3. The van der Waals surface area contributed by atoms with E-state index in [1.54, 1.807) is 0 Å². The highest BCUT2D eigenvalue weighted by Gasteiger charge is 2.32. The molecule has 1 aliphatic heterocycles. The number of rotatable bonds is 4. The van der Waals surface area contributed by atoms with Gasteiger partial charge in [-0.05, 0) is 38.2 Å². The van der Waals surface area contributed by atoms with Gasteiger partial charge in [-0.25, -0.2) is 9.37 Å². The molecule has 0 saturated carbocycles. The molecule has 0 bridgehead atoms. The van der Waals surface area contributed by atoms with E-state index in [4.69, 9.17) is 9.26 Å². The highest BCUT2D eigenvalue weighted by atomic mass is 19.1. The lowest BCUT2D eigenvalue weighted by Gasteiger charge is -2.16. The predicted molar refractivity (Wildman–Crippen MR) is 86.8 cm³/mol. The third kappa shape index (κ3) is 3.36. The van der Waals surface area contributed by atoms with Gasteiger partial charge < -0.3 is 14.2 Å². The van der Waals surface area contributed by atoms with E-state index in [9.17, 15) is 9.18 Å². The Morgan fingerprint density at radius 1 is 1.36 bits per heavy atom. The van der Waals surface area contributed by atoms with E-state index in [1.807, 2.05) is 4.90 Å². The van der Waals surface area contributed by atoms with Gasteiger partial charge in [0.1, 0.15) is 5.82 Å². The van der Waals surface area contributed by atoms with Crippen LogP contribution >= 0.6 is 0 Å². The standard InChI is InChI=1S/C18H20FN3O3/c19-13-5-6-16(20-9-13)24-11-12-7-8-22(10-12)18(23)17-14-3-1-2-4-15(14)21-25-17/h5-6,9,12H,1-4,7-8,10-11H2. The summed E-state index contributed by atoms with van der Waals surface area (Å²) >= 11 is 0. The predicted octanol–water partition coefficient (Wildman–Crippen LogP) is 2.63. The quantitative estimate of drug-likeness (QED) is 0.852. The van der Waals surface area contributed by atoms with Crippen LogP contribution in [0.15, 0.2) is 22.9 Å². The van der Waals surface area contributed by atoms with Crippen LogP contribution in [0.4, 0.5) is 4.39 Å². The maximum Gasteiger partial charge on any atom is 0.292 e. The molecule has 132 valence electrons. The molecule has 2 aliphatic rings. The second kappa shape index (κ2) is 6.82. The summed E-state index contributed by atoms with van der Waals surface area (Å²) in [6.07, 6.45) is 5.95. The van der Waals surface area contributed by atoms with Gasteiger partial charge in [-0.1, -0.05) is 5.16 Å². The van der Waals surface area contributed by atoms with E-state index < -0.39 is 0 Å². The Labute approximate surface area is 145 Å². The van der Waals surface area contributed by atoms with Crippen molar-refractivity contribution in [2.24, 2.45) is 5.92 Å². The summed E-state index contributed by atoms with van der Waals surface area (Å²) in [6, 6.07) is 2.83. The highest BCUT2D eigenvalue weighted by molar-refractivity contribution is 5.93. The zero-order chi connectivity index (χ0) is 17.2. The van der Waals surface area contributed by atoms with E-state index in [0.29, 0.717) is 31.3 Å². The summed E-state index contributed by atoms with van der Waals surface area (Å²) in [5.74, 6) is 0.583. The largest absolute Gasteiger partial charge is 0.477 e. The third-order valence-electron chi connectivity index (χ3n) is 4.89. The van der Waals surface area contributed by atoms with Crippen molar-refractivity contribution in [2.75, 3.05) is 19.7 Å². The molecular weight excluding hydrogens is 325 g/mol. The van der Waals surface area contributed by atoms with Crippen LogP contribution in [-0.4, -0.2) is 40.6 Å². The summed E-state index contributed by atoms with van der Waals surface area (Å²) in [5, 5.41) is 4.07. The molecule has 2 aromatic heterocycles. The van der Waals surface area contributed by atoms with Gasteiger partial charge in [-0.2, -0.15) is 0 Å². The normalized spacial score (nSPS) is 19.7. The van der Waals surface area contributed by atoms with Gasteiger partial charge in [0.05, 0.1) is 18.5 Å². The summed E-state index contributed by atoms with van der Waals surface area (Å²) in [4.78, 5) is 18.4. The van der Waals surface area contributed by atoms with Crippen molar-refractivity contribution in [3.63, 3.8) is 0 Å². The third-order valence-corrected chi connectivity index (χ3v) is 4.89. The van der Waals surface area contributed by atoms with Crippen LogP contribution in [0.1, 0.15) is 41.1 Å². The summed E-state index contributed by atoms with van der Waals surface area (Å²) in [6.45, 7) is 1.76. The summed E-state index contributed by atoms with van der Waals surface area (Å²) in [5.41, 5.74) is 1.93. The first-order valence-electron chi connectivity index (χ1n) is 8.72. The highest BCUT2D eigenvalue weighted by Crippen LogP contribution is 2.27. The minimum atomic E-state index is -0.389. The Morgan fingerprint density at radius 2 is 2.24 bits per heavy atom. The zero-order valence-corrected chi connectivity index (χ0v) is 13.9. The number of hydrogen-bond donors (Lipinski definition) is 0. The van der Waals surface area contributed by atoms with Crippen molar-refractivity contribution in [3.05, 3.63) is 41.2 Å². The SMILES string of the molecule is O=C(c1onc2c1CCCC2)N1CCC(COc2ccc(F)cn2)C1. The molecule has 0 spiro atoms. The number of carbonyl (C=O) groups is 1. The Hall–Kier alpha value is -2.44. The van der Waals surface area contributed by atoms with Crippen molar-refractivity contribution in [1.82, 2.24) is 15.0 Å². The number of amides is 1. The van der Waals surface area contributed by atoms with E-state index >= 15 is 0 Å². The van der Waals surface area contributed by atoms with Gasteiger partial charge in [-0.15, -0.1) is 0 Å². The molecule has 6 nitrogen and oxygen atoms in total. The number of pyridine rings is 1. The number of ether oxygens (including phenoxy) is 1.